The Kier molecular flexibility index (Phi) is 5.72. The molecule has 2 N–H and O–H groups in total. The summed E-state index contributed by atoms with van der Waals surface area (Å²) in [4.78, 5) is 25.2. The van der Waals surface area contributed by atoms with Crippen molar-refractivity contribution in [2.45, 2.75) is 44.2 Å². The topological polar surface area (TPSA) is 90.8 Å². The lowest BCUT2D eigenvalue weighted by Crippen LogP contribution is -2.36. The van der Waals surface area contributed by atoms with Gasteiger partial charge in [0, 0.05) is 25.3 Å². The molecule has 1 unspecified atom stereocenters. The average molecular weight is 524 g/mol. The molecule has 1 saturated carbocycles. The molecule has 8 nitrogen and oxygen atoms in total. The first kappa shape index (κ1) is 23.9. The second kappa shape index (κ2) is 8.85. The Morgan fingerprint density at radius 3 is 2.84 bits per heavy atom. The van der Waals surface area contributed by atoms with Crippen LogP contribution in [0.1, 0.15) is 36.5 Å². The zero-order valence-electron chi connectivity index (χ0n) is 20.6. The minimum Gasteiger partial charge on any atom is -0.488 e. The zero-order valence-corrected chi connectivity index (χ0v) is 21.3. The van der Waals surface area contributed by atoms with Gasteiger partial charge in [0.1, 0.15) is 22.0 Å². The van der Waals surface area contributed by atoms with Crippen LogP contribution in [0.5, 0.6) is 5.75 Å². The quantitative estimate of drug-likeness (QED) is 0.464. The number of carbonyl (C=O) groups is 1. The molecule has 2 aliphatic heterocycles. The number of hydrogen-bond acceptors (Lipinski definition) is 7. The van der Waals surface area contributed by atoms with Gasteiger partial charge in [-0.2, -0.15) is 4.98 Å². The molecular formula is C27H27ClFN5O3. The summed E-state index contributed by atoms with van der Waals surface area (Å²) in [6, 6.07) is 8.34. The van der Waals surface area contributed by atoms with Gasteiger partial charge in [-0.3, -0.25) is 4.79 Å². The first-order chi connectivity index (χ1) is 17.7. The molecule has 1 fully saturated rings. The smallest absolute Gasteiger partial charge is 0.315 e. The monoisotopic (exact) mass is 523 g/mol. The first-order valence-corrected chi connectivity index (χ1v) is 12.7. The van der Waals surface area contributed by atoms with Crippen LogP contribution in [0.25, 0.3) is 0 Å². The maximum atomic E-state index is 14.1. The number of rotatable bonds is 6. The lowest BCUT2D eigenvalue weighted by Gasteiger charge is -2.27. The predicted octanol–water partition coefficient (Wildman–Crippen LogP) is 5.04. The van der Waals surface area contributed by atoms with Crippen molar-refractivity contribution in [2.75, 3.05) is 30.4 Å². The molecule has 0 saturated heterocycles. The summed E-state index contributed by atoms with van der Waals surface area (Å²) in [5.74, 6) is -0.126. The number of nitrogens with one attached hydrogen (secondary N) is 1. The van der Waals surface area contributed by atoms with Crippen LogP contribution in [-0.2, 0) is 23.2 Å². The summed E-state index contributed by atoms with van der Waals surface area (Å²) in [6.45, 7) is 3.48. The zero-order chi connectivity index (χ0) is 25.9. The number of nitrogens with zero attached hydrogens (tertiary/aromatic N) is 4. The van der Waals surface area contributed by atoms with Gasteiger partial charge in [-0.1, -0.05) is 11.6 Å². The summed E-state index contributed by atoms with van der Waals surface area (Å²) in [5, 5.41) is 13.5. The normalized spacial score (nSPS) is 20.9. The highest BCUT2D eigenvalue weighted by Gasteiger charge is 2.46. The molecule has 1 atom stereocenters. The highest BCUT2D eigenvalue weighted by atomic mass is 35.5. The van der Waals surface area contributed by atoms with Crippen LogP contribution in [0.15, 0.2) is 36.5 Å². The summed E-state index contributed by atoms with van der Waals surface area (Å²) in [6.07, 6.45) is 4.75. The summed E-state index contributed by atoms with van der Waals surface area (Å²) in [5.41, 5.74) is 2.88. The molecule has 0 amide bonds. The number of hydrogen-bond donors (Lipinski definition) is 2. The maximum absolute atomic E-state index is 14.1. The molecule has 6 rings (SSSR count). The Morgan fingerprint density at radius 2 is 2.08 bits per heavy atom. The summed E-state index contributed by atoms with van der Waals surface area (Å²) >= 11 is 6.52. The van der Waals surface area contributed by atoms with Gasteiger partial charge in [0.2, 0.25) is 5.95 Å². The third kappa shape index (κ3) is 4.36. The van der Waals surface area contributed by atoms with Crippen LogP contribution >= 0.6 is 11.6 Å². The van der Waals surface area contributed by atoms with Crippen molar-refractivity contribution < 1.29 is 19.0 Å². The number of carboxylic acids is 1. The van der Waals surface area contributed by atoms with E-state index in [1.54, 1.807) is 17.9 Å². The molecule has 1 aliphatic carbocycles. The van der Waals surface area contributed by atoms with E-state index in [9.17, 15) is 14.3 Å². The number of ether oxygens (including phenoxy) is 1. The van der Waals surface area contributed by atoms with E-state index < -0.39 is 17.2 Å². The van der Waals surface area contributed by atoms with Crippen molar-refractivity contribution in [1.29, 1.82) is 0 Å². The third-order valence-electron chi connectivity index (χ3n) is 7.34. The van der Waals surface area contributed by atoms with Gasteiger partial charge in [0.15, 0.2) is 5.82 Å². The molecular weight excluding hydrogens is 497 g/mol. The number of aliphatic carboxylic acids is 1. The molecule has 0 spiro atoms. The Labute approximate surface area is 219 Å². The third-order valence-corrected chi connectivity index (χ3v) is 7.61. The minimum atomic E-state index is -1.32. The SMILES string of the molecule is CN1CCc2cc(OC3CC3)c(Nc3ncc(Cl)c(N4CC(C)(C(=O)O)c5cc(F)ccc54)n3)cc2C1. The van der Waals surface area contributed by atoms with E-state index in [-0.39, 0.29) is 17.7 Å². The number of anilines is 4. The fourth-order valence-corrected chi connectivity index (χ4v) is 5.25. The van der Waals surface area contributed by atoms with Crippen LogP contribution < -0.4 is 15.0 Å². The largest absolute Gasteiger partial charge is 0.488 e. The van der Waals surface area contributed by atoms with Crippen molar-refractivity contribution in [2.24, 2.45) is 0 Å². The van der Waals surface area contributed by atoms with Crippen molar-refractivity contribution >= 4 is 40.7 Å². The minimum absolute atomic E-state index is 0.0541. The van der Waals surface area contributed by atoms with Gasteiger partial charge in [0.05, 0.1) is 18.0 Å². The fourth-order valence-electron chi connectivity index (χ4n) is 5.06. The van der Waals surface area contributed by atoms with Gasteiger partial charge in [-0.25, -0.2) is 9.37 Å². The molecule has 0 bridgehead atoms. The number of halogens is 2. The molecule has 3 aromatic rings. The van der Waals surface area contributed by atoms with Gasteiger partial charge < -0.3 is 25.0 Å². The lowest BCUT2D eigenvalue weighted by molar-refractivity contribution is -0.142. The van der Waals surface area contributed by atoms with Crippen molar-refractivity contribution in [3.63, 3.8) is 0 Å². The van der Waals surface area contributed by atoms with Gasteiger partial charge in [-0.05, 0) is 80.3 Å². The van der Waals surface area contributed by atoms with Crippen molar-refractivity contribution in [3.8, 4) is 5.75 Å². The van der Waals surface area contributed by atoms with Crippen LogP contribution in [0.3, 0.4) is 0 Å². The molecule has 1 aromatic heterocycles. The molecule has 2 aromatic carbocycles. The Bertz CT molecular complexity index is 1420. The molecule has 10 heteroatoms. The number of fused-ring (bicyclic) bond motifs is 2. The average Bonchev–Trinajstić information content (AvgIpc) is 3.63. The van der Waals surface area contributed by atoms with Gasteiger partial charge >= 0.3 is 5.97 Å². The molecule has 3 aliphatic rings. The lowest BCUT2D eigenvalue weighted by atomic mass is 9.85. The predicted molar refractivity (Wildman–Crippen MR) is 139 cm³/mol. The van der Waals surface area contributed by atoms with E-state index in [0.717, 1.165) is 43.8 Å². The number of carboxylic acid groups (broad SMARTS) is 1. The van der Waals surface area contributed by atoms with E-state index in [0.29, 0.717) is 23.0 Å². The van der Waals surface area contributed by atoms with E-state index >= 15 is 0 Å². The Balaban J connectivity index is 1.37. The Morgan fingerprint density at radius 1 is 1.27 bits per heavy atom. The van der Waals surface area contributed by atoms with E-state index in [1.807, 2.05) is 0 Å². The molecule has 0 radical (unpaired) electrons. The Hall–Kier alpha value is -3.43. The van der Waals surface area contributed by atoms with Gasteiger partial charge in [-0.15, -0.1) is 0 Å². The van der Waals surface area contributed by atoms with E-state index in [4.69, 9.17) is 16.3 Å². The second-order valence-electron chi connectivity index (χ2n) is 10.3. The molecule has 37 heavy (non-hydrogen) atoms. The first-order valence-electron chi connectivity index (χ1n) is 12.3. The highest BCUT2D eigenvalue weighted by Crippen LogP contribution is 2.46. The number of aromatic nitrogens is 2. The van der Waals surface area contributed by atoms with Crippen molar-refractivity contribution in [1.82, 2.24) is 14.9 Å². The van der Waals surface area contributed by atoms with Crippen molar-refractivity contribution in [3.05, 3.63) is 64.1 Å². The maximum Gasteiger partial charge on any atom is 0.315 e. The van der Waals surface area contributed by atoms with Gasteiger partial charge in [0.25, 0.3) is 0 Å². The number of likely N-dealkylation sites (N-methyl/N-ethyl adjacent to an activating group) is 1. The standard InChI is InChI=1S/C27H27ClFN5O3/c1-27(25(35)36)14-34(22-6-3-17(29)11-19(22)27)24-20(28)12-30-26(32-24)31-21-9-16-13-33(2)8-7-15(16)10-23(21)37-18-4-5-18/h3,6,9-12,18H,4-5,7-8,13-14H2,1-2H3,(H,35,36)(H,30,31,32). The second-order valence-corrected chi connectivity index (χ2v) is 10.7. The van der Waals surface area contributed by atoms with Crippen LogP contribution in [-0.4, -0.2) is 52.2 Å². The molecule has 3 heterocycles. The van der Waals surface area contributed by atoms with Crippen LogP contribution in [0, 0.1) is 5.82 Å². The summed E-state index contributed by atoms with van der Waals surface area (Å²) < 4.78 is 20.3. The highest BCUT2D eigenvalue weighted by molar-refractivity contribution is 6.33. The van der Waals surface area contributed by atoms with E-state index in [2.05, 4.69) is 39.4 Å². The van der Waals surface area contributed by atoms with Crippen LogP contribution in [0.2, 0.25) is 5.02 Å². The molecule has 192 valence electrons. The number of benzene rings is 2. The van der Waals surface area contributed by atoms with E-state index in [1.165, 1.54) is 29.5 Å². The summed E-state index contributed by atoms with van der Waals surface area (Å²) in [7, 11) is 2.10. The van der Waals surface area contributed by atoms with Crippen LogP contribution in [0.4, 0.5) is 27.5 Å². The fraction of sp³-hybridized carbons (Fsp3) is 0.370.